The maximum atomic E-state index is 13.3. The summed E-state index contributed by atoms with van der Waals surface area (Å²) in [6, 6.07) is 3.27. The molecule has 0 bridgehead atoms. The van der Waals surface area contributed by atoms with Crippen LogP contribution in [0.5, 0.6) is 0 Å². The molecule has 78 valence electrons. The zero-order valence-electron chi connectivity index (χ0n) is 8.28. The fourth-order valence-corrected chi connectivity index (χ4v) is 1.46. The second kappa shape index (κ2) is 4.87. The van der Waals surface area contributed by atoms with E-state index in [-0.39, 0.29) is 0 Å². The molecular formula is C11H13BrF2. The molecule has 3 heteroatoms. The Morgan fingerprint density at radius 3 is 2.50 bits per heavy atom. The number of alkyl halides is 1. The summed E-state index contributed by atoms with van der Waals surface area (Å²) in [5.74, 6) is -1.41. The largest absolute Gasteiger partial charge is 0.203 e. The van der Waals surface area contributed by atoms with Crippen LogP contribution in [0.25, 0.3) is 0 Å². The van der Waals surface area contributed by atoms with Gasteiger partial charge in [-0.15, -0.1) is 0 Å². The van der Waals surface area contributed by atoms with Gasteiger partial charge in [0, 0.05) is 4.83 Å². The number of halogens is 3. The first kappa shape index (κ1) is 11.6. The van der Waals surface area contributed by atoms with Crippen molar-refractivity contribution in [2.24, 2.45) is 0 Å². The zero-order chi connectivity index (χ0) is 10.7. The molecule has 1 aromatic carbocycles. The van der Waals surface area contributed by atoms with Crippen LogP contribution >= 0.6 is 15.9 Å². The summed E-state index contributed by atoms with van der Waals surface area (Å²) >= 11 is 3.37. The van der Waals surface area contributed by atoms with E-state index >= 15 is 0 Å². The van der Waals surface area contributed by atoms with E-state index in [0.717, 1.165) is 6.42 Å². The van der Waals surface area contributed by atoms with Gasteiger partial charge in [-0.1, -0.05) is 35.0 Å². The van der Waals surface area contributed by atoms with Crippen LogP contribution in [0.3, 0.4) is 0 Å². The van der Waals surface area contributed by atoms with Gasteiger partial charge in [-0.3, -0.25) is 0 Å². The standard InChI is InChI=1S/C11H13BrF2/c1-7-3-5-9(6-4-8(2)12)11(14)10(7)13/h3,5,8H,4,6H2,1-2H3. The van der Waals surface area contributed by atoms with E-state index in [2.05, 4.69) is 15.9 Å². The highest BCUT2D eigenvalue weighted by Gasteiger charge is 2.10. The quantitative estimate of drug-likeness (QED) is 0.723. The maximum Gasteiger partial charge on any atom is 0.162 e. The lowest BCUT2D eigenvalue weighted by atomic mass is 10.1. The summed E-state index contributed by atoms with van der Waals surface area (Å²) in [5, 5.41) is 0. The number of hydrogen-bond donors (Lipinski definition) is 0. The van der Waals surface area contributed by atoms with Gasteiger partial charge < -0.3 is 0 Å². The fraction of sp³-hybridized carbons (Fsp3) is 0.455. The summed E-state index contributed by atoms with van der Waals surface area (Å²) in [7, 11) is 0. The normalized spacial score (nSPS) is 12.9. The molecule has 14 heavy (non-hydrogen) atoms. The van der Waals surface area contributed by atoms with Crippen molar-refractivity contribution in [1.29, 1.82) is 0 Å². The molecular weight excluding hydrogens is 250 g/mol. The predicted molar refractivity (Wildman–Crippen MR) is 57.8 cm³/mol. The Balaban J connectivity index is 2.83. The van der Waals surface area contributed by atoms with Crippen molar-refractivity contribution in [2.75, 3.05) is 0 Å². The van der Waals surface area contributed by atoms with Crippen molar-refractivity contribution in [3.8, 4) is 0 Å². The minimum atomic E-state index is -0.718. The molecule has 1 atom stereocenters. The van der Waals surface area contributed by atoms with Gasteiger partial charge in [-0.05, 0) is 30.9 Å². The van der Waals surface area contributed by atoms with E-state index < -0.39 is 11.6 Å². The van der Waals surface area contributed by atoms with Crippen LogP contribution in [0.4, 0.5) is 8.78 Å². The van der Waals surface area contributed by atoms with Gasteiger partial charge in [0.25, 0.3) is 0 Å². The third kappa shape index (κ3) is 2.77. The Morgan fingerprint density at radius 2 is 1.93 bits per heavy atom. The van der Waals surface area contributed by atoms with E-state index in [0.29, 0.717) is 22.4 Å². The summed E-state index contributed by atoms with van der Waals surface area (Å²) in [6.07, 6.45) is 1.37. The van der Waals surface area contributed by atoms with Crippen molar-refractivity contribution < 1.29 is 8.78 Å². The Bertz CT molecular complexity index is 321. The number of benzene rings is 1. The first-order valence-corrected chi connectivity index (χ1v) is 5.51. The van der Waals surface area contributed by atoms with Crippen LogP contribution in [0.1, 0.15) is 24.5 Å². The van der Waals surface area contributed by atoms with Gasteiger partial charge in [-0.2, -0.15) is 0 Å². The molecule has 1 aromatic rings. The monoisotopic (exact) mass is 262 g/mol. The maximum absolute atomic E-state index is 13.3. The molecule has 0 nitrogen and oxygen atoms in total. The van der Waals surface area contributed by atoms with E-state index in [1.54, 1.807) is 19.1 Å². The van der Waals surface area contributed by atoms with E-state index in [4.69, 9.17) is 0 Å². The first-order chi connectivity index (χ1) is 6.52. The molecule has 0 N–H and O–H groups in total. The van der Waals surface area contributed by atoms with Crippen LogP contribution in [0, 0.1) is 18.6 Å². The molecule has 0 amide bonds. The predicted octanol–water partition coefficient (Wildman–Crippen LogP) is 3.99. The van der Waals surface area contributed by atoms with Crippen molar-refractivity contribution in [3.05, 3.63) is 34.9 Å². The second-order valence-corrected chi connectivity index (χ2v) is 5.05. The number of hydrogen-bond acceptors (Lipinski definition) is 0. The van der Waals surface area contributed by atoms with Crippen LogP contribution in [-0.2, 0) is 6.42 Å². The zero-order valence-corrected chi connectivity index (χ0v) is 9.87. The smallest absolute Gasteiger partial charge is 0.162 e. The number of aryl methyl sites for hydroxylation is 2. The molecule has 0 spiro atoms. The van der Waals surface area contributed by atoms with Gasteiger partial charge in [-0.25, -0.2) is 8.78 Å². The molecule has 1 rings (SSSR count). The molecule has 0 aromatic heterocycles. The summed E-state index contributed by atoms with van der Waals surface area (Å²) in [6.45, 7) is 3.55. The molecule has 0 fully saturated rings. The van der Waals surface area contributed by atoms with E-state index in [1.165, 1.54) is 0 Å². The minimum absolute atomic E-state index is 0.325. The lowest BCUT2D eigenvalue weighted by Crippen LogP contribution is -2.00. The molecule has 0 saturated carbocycles. The van der Waals surface area contributed by atoms with Gasteiger partial charge in [0.2, 0.25) is 0 Å². The topological polar surface area (TPSA) is 0 Å². The van der Waals surface area contributed by atoms with Crippen LogP contribution in [0.2, 0.25) is 0 Å². The molecule has 0 aliphatic heterocycles. The fourth-order valence-electron chi connectivity index (χ4n) is 1.23. The van der Waals surface area contributed by atoms with Crippen molar-refractivity contribution in [2.45, 2.75) is 31.5 Å². The summed E-state index contributed by atoms with van der Waals surface area (Å²) in [4.78, 5) is 0.325. The van der Waals surface area contributed by atoms with Crippen LogP contribution in [-0.4, -0.2) is 4.83 Å². The van der Waals surface area contributed by atoms with E-state index in [1.807, 2.05) is 6.92 Å². The average molecular weight is 263 g/mol. The minimum Gasteiger partial charge on any atom is -0.203 e. The Hall–Kier alpha value is -0.440. The van der Waals surface area contributed by atoms with Gasteiger partial charge in [0.15, 0.2) is 11.6 Å². The second-order valence-electron chi connectivity index (χ2n) is 3.49. The Labute approximate surface area is 91.5 Å². The lowest BCUT2D eigenvalue weighted by molar-refractivity contribution is 0.492. The highest BCUT2D eigenvalue weighted by molar-refractivity contribution is 9.09. The average Bonchev–Trinajstić information content (AvgIpc) is 2.13. The number of rotatable bonds is 3. The Kier molecular flexibility index (Phi) is 4.05. The Morgan fingerprint density at radius 1 is 1.29 bits per heavy atom. The van der Waals surface area contributed by atoms with Gasteiger partial charge in [0.05, 0.1) is 0 Å². The third-order valence-corrected chi connectivity index (χ3v) is 2.62. The summed E-state index contributed by atoms with van der Waals surface area (Å²) in [5.41, 5.74) is 0.817. The molecule has 0 radical (unpaired) electrons. The van der Waals surface area contributed by atoms with Crippen LogP contribution < -0.4 is 0 Å². The molecule has 0 heterocycles. The van der Waals surface area contributed by atoms with Crippen molar-refractivity contribution in [3.63, 3.8) is 0 Å². The SMILES string of the molecule is Cc1ccc(CCC(C)Br)c(F)c1F. The molecule has 1 unspecified atom stereocenters. The van der Waals surface area contributed by atoms with Crippen LogP contribution in [0.15, 0.2) is 12.1 Å². The molecule has 0 aliphatic carbocycles. The third-order valence-electron chi connectivity index (χ3n) is 2.17. The summed E-state index contributed by atoms with van der Waals surface area (Å²) < 4.78 is 26.5. The molecule has 0 aliphatic rings. The van der Waals surface area contributed by atoms with Crippen molar-refractivity contribution in [1.82, 2.24) is 0 Å². The van der Waals surface area contributed by atoms with Gasteiger partial charge >= 0.3 is 0 Å². The van der Waals surface area contributed by atoms with Crippen molar-refractivity contribution >= 4 is 15.9 Å². The lowest BCUT2D eigenvalue weighted by Gasteiger charge is -2.06. The van der Waals surface area contributed by atoms with Gasteiger partial charge in [0.1, 0.15) is 0 Å². The highest BCUT2D eigenvalue weighted by atomic mass is 79.9. The molecule has 0 saturated heterocycles. The van der Waals surface area contributed by atoms with E-state index in [9.17, 15) is 8.78 Å². The first-order valence-electron chi connectivity index (χ1n) is 4.60. The highest BCUT2D eigenvalue weighted by Crippen LogP contribution is 2.18.